The van der Waals surface area contributed by atoms with Crippen LogP contribution >= 0.6 is 11.6 Å². The van der Waals surface area contributed by atoms with Crippen molar-refractivity contribution in [1.82, 2.24) is 10.2 Å². The minimum atomic E-state index is 0.590. The van der Waals surface area contributed by atoms with Crippen molar-refractivity contribution in [1.29, 1.82) is 0 Å². The lowest BCUT2D eigenvalue weighted by Gasteiger charge is -2.22. The lowest BCUT2D eigenvalue weighted by atomic mass is 10.2. The fraction of sp³-hybridized carbons (Fsp3) is 0.474. The Hall–Kier alpha value is -1.49. The number of nitrogens with one attached hydrogen (secondary N) is 1. The SMILES string of the molecule is CCN1CCC[C@H]1CNCc1ccc(-c2ccc(OC)c(Cl)c2)o1. The number of hydrogen-bond acceptors (Lipinski definition) is 4. The molecular weight excluding hydrogens is 324 g/mol. The standard InChI is InChI=1S/C19H25ClN2O2/c1-3-22-10-4-5-15(22)12-21-13-16-7-9-18(24-16)14-6-8-19(23-2)17(20)11-14/h6-9,11,15,21H,3-5,10,12-13H2,1-2H3/t15-/m0/s1. The molecule has 1 aromatic carbocycles. The molecule has 2 aromatic rings. The van der Waals surface area contributed by atoms with Crippen LogP contribution in [0.25, 0.3) is 11.3 Å². The number of methoxy groups -OCH3 is 1. The smallest absolute Gasteiger partial charge is 0.137 e. The third kappa shape index (κ3) is 3.94. The molecule has 1 fully saturated rings. The Labute approximate surface area is 148 Å². The van der Waals surface area contributed by atoms with Gasteiger partial charge in [-0.05, 0) is 56.3 Å². The summed E-state index contributed by atoms with van der Waals surface area (Å²) < 4.78 is 11.1. The second-order valence-corrected chi connectivity index (χ2v) is 6.58. The van der Waals surface area contributed by atoms with E-state index in [9.17, 15) is 0 Å². The third-order valence-corrected chi connectivity index (χ3v) is 4.98. The molecule has 1 atom stereocenters. The van der Waals surface area contributed by atoms with Crippen LogP contribution < -0.4 is 10.1 Å². The van der Waals surface area contributed by atoms with Crippen LogP contribution in [-0.4, -0.2) is 37.7 Å². The van der Waals surface area contributed by atoms with Crippen LogP contribution in [0.3, 0.4) is 0 Å². The molecule has 1 aliphatic rings. The number of likely N-dealkylation sites (tertiary alicyclic amines) is 1. The monoisotopic (exact) mass is 348 g/mol. The maximum absolute atomic E-state index is 6.19. The van der Waals surface area contributed by atoms with E-state index < -0.39 is 0 Å². The van der Waals surface area contributed by atoms with Crippen LogP contribution in [0.2, 0.25) is 5.02 Å². The van der Waals surface area contributed by atoms with Crippen molar-refractivity contribution in [3.63, 3.8) is 0 Å². The summed E-state index contributed by atoms with van der Waals surface area (Å²) in [5, 5.41) is 4.11. The van der Waals surface area contributed by atoms with Gasteiger partial charge in [-0.15, -0.1) is 0 Å². The van der Waals surface area contributed by atoms with Gasteiger partial charge in [0.1, 0.15) is 17.3 Å². The van der Waals surface area contributed by atoms with Crippen LogP contribution in [0.15, 0.2) is 34.7 Å². The molecule has 0 spiro atoms. The highest BCUT2D eigenvalue weighted by Gasteiger charge is 2.22. The summed E-state index contributed by atoms with van der Waals surface area (Å²) in [6.07, 6.45) is 2.60. The summed E-state index contributed by atoms with van der Waals surface area (Å²) in [6.45, 7) is 6.36. The number of hydrogen-bond donors (Lipinski definition) is 1. The summed E-state index contributed by atoms with van der Waals surface area (Å²) in [4.78, 5) is 2.54. The Morgan fingerprint density at radius 1 is 1.33 bits per heavy atom. The molecule has 1 N–H and O–H groups in total. The summed E-state index contributed by atoms with van der Waals surface area (Å²) in [6, 6.07) is 10.4. The second kappa shape index (κ2) is 8.06. The van der Waals surface area contributed by atoms with E-state index in [1.165, 1.54) is 19.4 Å². The van der Waals surface area contributed by atoms with Gasteiger partial charge in [-0.1, -0.05) is 18.5 Å². The first-order valence-corrected chi connectivity index (χ1v) is 8.96. The lowest BCUT2D eigenvalue weighted by Crippen LogP contribution is -2.37. The van der Waals surface area contributed by atoms with Crippen molar-refractivity contribution in [2.45, 2.75) is 32.4 Å². The third-order valence-electron chi connectivity index (χ3n) is 4.68. The highest BCUT2D eigenvalue weighted by molar-refractivity contribution is 6.32. The van der Waals surface area contributed by atoms with E-state index in [4.69, 9.17) is 20.8 Å². The molecular formula is C19H25ClN2O2. The van der Waals surface area contributed by atoms with Gasteiger partial charge in [0.2, 0.25) is 0 Å². The van der Waals surface area contributed by atoms with Crippen LogP contribution in [0.5, 0.6) is 5.75 Å². The number of halogens is 1. The Balaban J connectivity index is 1.56. The van der Waals surface area contributed by atoms with Gasteiger partial charge in [0.15, 0.2) is 0 Å². The summed E-state index contributed by atoms with van der Waals surface area (Å²) >= 11 is 6.19. The number of rotatable bonds is 7. The maximum Gasteiger partial charge on any atom is 0.137 e. The molecule has 0 amide bonds. The average molecular weight is 349 g/mol. The number of furan rings is 1. The maximum atomic E-state index is 6.19. The zero-order valence-corrected chi connectivity index (χ0v) is 15.1. The van der Waals surface area contributed by atoms with Crippen LogP contribution in [-0.2, 0) is 6.54 Å². The molecule has 2 heterocycles. The first-order valence-electron chi connectivity index (χ1n) is 8.58. The van der Waals surface area contributed by atoms with Gasteiger partial charge in [0, 0.05) is 18.2 Å². The molecule has 5 heteroatoms. The summed E-state index contributed by atoms with van der Waals surface area (Å²) in [5.41, 5.74) is 0.958. The van der Waals surface area contributed by atoms with Gasteiger partial charge in [-0.3, -0.25) is 4.90 Å². The van der Waals surface area contributed by atoms with Crippen molar-refractivity contribution in [3.8, 4) is 17.1 Å². The van der Waals surface area contributed by atoms with Gasteiger partial charge < -0.3 is 14.5 Å². The normalized spacial score (nSPS) is 18.2. The van der Waals surface area contributed by atoms with Crippen molar-refractivity contribution < 1.29 is 9.15 Å². The van der Waals surface area contributed by atoms with E-state index in [0.29, 0.717) is 16.8 Å². The zero-order valence-electron chi connectivity index (χ0n) is 14.3. The van der Waals surface area contributed by atoms with Crippen molar-refractivity contribution in [3.05, 3.63) is 41.1 Å². The largest absolute Gasteiger partial charge is 0.495 e. The van der Waals surface area contributed by atoms with Crippen LogP contribution in [0.4, 0.5) is 0 Å². The van der Waals surface area contributed by atoms with Gasteiger partial charge >= 0.3 is 0 Å². The van der Waals surface area contributed by atoms with E-state index in [1.807, 2.05) is 30.3 Å². The average Bonchev–Trinajstić information content (AvgIpc) is 3.24. The minimum absolute atomic E-state index is 0.590. The van der Waals surface area contributed by atoms with Crippen LogP contribution in [0.1, 0.15) is 25.5 Å². The molecule has 4 nitrogen and oxygen atoms in total. The Bertz CT molecular complexity index is 671. The molecule has 1 saturated heterocycles. The van der Waals surface area contributed by atoms with E-state index in [0.717, 1.165) is 36.7 Å². The predicted octanol–water partition coefficient (Wildman–Crippen LogP) is 4.18. The van der Waals surface area contributed by atoms with Gasteiger partial charge in [0.05, 0.1) is 18.7 Å². The highest BCUT2D eigenvalue weighted by Crippen LogP contribution is 2.31. The molecule has 1 aromatic heterocycles. The summed E-state index contributed by atoms with van der Waals surface area (Å²) in [7, 11) is 1.61. The fourth-order valence-electron chi connectivity index (χ4n) is 3.35. The summed E-state index contributed by atoms with van der Waals surface area (Å²) in [5.74, 6) is 2.44. The van der Waals surface area contributed by atoms with E-state index >= 15 is 0 Å². The highest BCUT2D eigenvalue weighted by atomic mass is 35.5. The van der Waals surface area contributed by atoms with Crippen molar-refractivity contribution in [2.24, 2.45) is 0 Å². The number of nitrogens with zero attached hydrogens (tertiary/aromatic N) is 1. The van der Waals surface area contributed by atoms with Crippen molar-refractivity contribution in [2.75, 3.05) is 26.7 Å². The number of ether oxygens (including phenoxy) is 1. The molecule has 24 heavy (non-hydrogen) atoms. The Kier molecular flexibility index (Phi) is 5.82. The van der Waals surface area contributed by atoms with Gasteiger partial charge in [-0.2, -0.15) is 0 Å². The van der Waals surface area contributed by atoms with Gasteiger partial charge in [0.25, 0.3) is 0 Å². The lowest BCUT2D eigenvalue weighted by molar-refractivity contribution is 0.258. The zero-order chi connectivity index (χ0) is 16.9. The second-order valence-electron chi connectivity index (χ2n) is 6.17. The van der Waals surface area contributed by atoms with Crippen molar-refractivity contribution >= 4 is 11.6 Å². The first-order chi connectivity index (χ1) is 11.7. The van der Waals surface area contributed by atoms with E-state index in [-0.39, 0.29) is 0 Å². The quantitative estimate of drug-likeness (QED) is 0.814. The molecule has 130 valence electrons. The van der Waals surface area contributed by atoms with E-state index in [1.54, 1.807) is 7.11 Å². The minimum Gasteiger partial charge on any atom is -0.495 e. The predicted molar refractivity (Wildman–Crippen MR) is 97.7 cm³/mol. The molecule has 0 bridgehead atoms. The molecule has 1 aliphatic heterocycles. The molecule has 0 unspecified atom stereocenters. The van der Waals surface area contributed by atoms with E-state index in [2.05, 4.69) is 17.1 Å². The first kappa shape index (κ1) is 17.3. The van der Waals surface area contributed by atoms with Crippen LogP contribution in [0, 0.1) is 0 Å². The molecule has 0 aliphatic carbocycles. The fourth-order valence-corrected chi connectivity index (χ4v) is 3.61. The molecule has 0 radical (unpaired) electrons. The topological polar surface area (TPSA) is 37.6 Å². The Morgan fingerprint density at radius 3 is 2.96 bits per heavy atom. The molecule has 0 saturated carbocycles. The molecule has 3 rings (SSSR count). The number of benzene rings is 1. The van der Waals surface area contributed by atoms with Gasteiger partial charge in [-0.25, -0.2) is 0 Å². The Morgan fingerprint density at radius 2 is 2.21 bits per heavy atom. The number of likely N-dealkylation sites (N-methyl/N-ethyl adjacent to an activating group) is 1.